The van der Waals surface area contributed by atoms with Gasteiger partial charge in [0, 0.05) is 31.9 Å². The summed E-state index contributed by atoms with van der Waals surface area (Å²) < 4.78 is 0. The maximum Gasteiger partial charge on any atom is 0.269 e. The highest BCUT2D eigenvalue weighted by Crippen LogP contribution is 2.06. The third-order valence-corrected chi connectivity index (χ3v) is 1.70. The molecule has 0 amide bonds. The van der Waals surface area contributed by atoms with Gasteiger partial charge in [-0.3, -0.25) is 10.1 Å². The number of non-ortho nitro benzene ring substituents is 1. The van der Waals surface area contributed by atoms with Gasteiger partial charge in [-0.15, -0.1) is 0 Å². The number of rotatable bonds is 1. The highest BCUT2D eigenvalue weighted by Gasteiger charge is 1.98. The maximum absolute atomic E-state index is 10.0. The number of nitrogens with one attached hydrogen (secondary N) is 2. The standard InChI is InChI=1S/C6H5NO2.C3H8N2/c8-7(9)6-4-2-1-3-5-6;1-2-5-3-4-1/h1-5H;4-5H,1-3H2. The third kappa shape index (κ3) is 3.97. The first kappa shape index (κ1) is 10.6. The van der Waals surface area contributed by atoms with Gasteiger partial charge >= 0.3 is 0 Å². The van der Waals surface area contributed by atoms with Crippen molar-refractivity contribution in [3.63, 3.8) is 0 Å². The van der Waals surface area contributed by atoms with E-state index in [0.29, 0.717) is 0 Å². The Kier molecular flexibility index (Phi) is 4.60. The van der Waals surface area contributed by atoms with Crippen LogP contribution in [0.2, 0.25) is 0 Å². The molecule has 1 aliphatic rings. The van der Waals surface area contributed by atoms with Crippen LogP contribution in [0.25, 0.3) is 0 Å². The van der Waals surface area contributed by atoms with Crippen molar-refractivity contribution < 1.29 is 4.92 Å². The first-order chi connectivity index (χ1) is 6.80. The minimum Gasteiger partial charge on any atom is -0.303 e. The Morgan fingerprint density at radius 2 is 1.71 bits per heavy atom. The zero-order chi connectivity index (χ0) is 10.2. The van der Waals surface area contributed by atoms with Gasteiger partial charge in [0.05, 0.1) is 4.92 Å². The van der Waals surface area contributed by atoms with Crippen molar-refractivity contribution in [2.75, 3.05) is 19.8 Å². The van der Waals surface area contributed by atoms with Crippen LogP contribution < -0.4 is 10.6 Å². The Bertz CT molecular complexity index is 265. The van der Waals surface area contributed by atoms with Gasteiger partial charge in [0.1, 0.15) is 0 Å². The minimum atomic E-state index is -0.417. The Labute approximate surface area is 82.3 Å². The number of benzene rings is 1. The van der Waals surface area contributed by atoms with Crippen LogP contribution in [0, 0.1) is 10.1 Å². The van der Waals surface area contributed by atoms with Gasteiger partial charge in [-0.05, 0) is 0 Å². The Balaban J connectivity index is 0.000000165. The molecule has 1 aromatic rings. The molecule has 1 aromatic carbocycles. The van der Waals surface area contributed by atoms with E-state index in [1.54, 1.807) is 18.2 Å². The minimum absolute atomic E-state index is 0.137. The molecule has 0 aliphatic carbocycles. The molecule has 0 atom stereocenters. The monoisotopic (exact) mass is 195 g/mol. The van der Waals surface area contributed by atoms with Gasteiger partial charge in [0.25, 0.3) is 5.69 Å². The summed E-state index contributed by atoms with van der Waals surface area (Å²) in [5, 5.41) is 16.2. The first-order valence-corrected chi connectivity index (χ1v) is 4.41. The number of para-hydroxylation sites is 1. The summed E-state index contributed by atoms with van der Waals surface area (Å²) in [6.07, 6.45) is 0. The summed E-state index contributed by atoms with van der Waals surface area (Å²) in [6.45, 7) is 3.28. The lowest BCUT2D eigenvalue weighted by Crippen LogP contribution is -2.11. The second-order valence-electron chi connectivity index (χ2n) is 2.77. The SMILES string of the molecule is C1CNCN1.O=[N+]([O-])c1ccccc1. The van der Waals surface area contributed by atoms with Gasteiger partial charge in [-0.1, -0.05) is 18.2 Å². The van der Waals surface area contributed by atoms with Crippen molar-refractivity contribution in [2.45, 2.75) is 0 Å². The third-order valence-electron chi connectivity index (χ3n) is 1.70. The Hall–Kier alpha value is -1.46. The van der Waals surface area contributed by atoms with Gasteiger partial charge in [-0.25, -0.2) is 0 Å². The number of nitrogens with zero attached hydrogens (tertiary/aromatic N) is 1. The van der Waals surface area contributed by atoms with E-state index in [0.717, 1.165) is 19.8 Å². The molecular weight excluding hydrogens is 182 g/mol. The summed E-state index contributed by atoms with van der Waals surface area (Å²) in [4.78, 5) is 9.59. The van der Waals surface area contributed by atoms with E-state index < -0.39 is 4.92 Å². The molecule has 0 bridgehead atoms. The van der Waals surface area contributed by atoms with Crippen molar-refractivity contribution in [1.29, 1.82) is 0 Å². The molecule has 1 aliphatic heterocycles. The molecule has 5 nitrogen and oxygen atoms in total. The highest BCUT2D eigenvalue weighted by atomic mass is 16.6. The molecule has 2 rings (SSSR count). The van der Waals surface area contributed by atoms with Gasteiger partial charge < -0.3 is 10.6 Å². The number of nitro groups is 1. The molecule has 5 heteroatoms. The quantitative estimate of drug-likeness (QED) is 0.512. The van der Waals surface area contributed by atoms with E-state index >= 15 is 0 Å². The average Bonchev–Trinajstić information content (AvgIpc) is 2.77. The van der Waals surface area contributed by atoms with E-state index in [2.05, 4.69) is 10.6 Å². The second-order valence-corrected chi connectivity index (χ2v) is 2.77. The number of hydrogen-bond acceptors (Lipinski definition) is 4. The summed E-state index contributed by atoms with van der Waals surface area (Å²) >= 11 is 0. The lowest BCUT2D eigenvalue weighted by atomic mass is 10.3. The summed E-state index contributed by atoms with van der Waals surface area (Å²) in [5.41, 5.74) is 0.137. The van der Waals surface area contributed by atoms with Crippen LogP contribution in [0.5, 0.6) is 0 Å². The highest BCUT2D eigenvalue weighted by molar-refractivity contribution is 5.27. The molecule has 0 spiro atoms. The molecule has 0 aromatic heterocycles. The van der Waals surface area contributed by atoms with Crippen molar-refractivity contribution in [1.82, 2.24) is 10.6 Å². The van der Waals surface area contributed by atoms with Crippen molar-refractivity contribution >= 4 is 5.69 Å². The van der Waals surface area contributed by atoms with Crippen LogP contribution in [0.4, 0.5) is 5.69 Å². The van der Waals surface area contributed by atoms with Gasteiger partial charge in [0.15, 0.2) is 0 Å². The van der Waals surface area contributed by atoms with Crippen LogP contribution in [-0.2, 0) is 0 Å². The summed E-state index contributed by atoms with van der Waals surface area (Å²) in [7, 11) is 0. The smallest absolute Gasteiger partial charge is 0.269 e. The molecule has 1 fully saturated rings. The molecule has 2 N–H and O–H groups in total. The molecular formula is C9H13N3O2. The summed E-state index contributed by atoms with van der Waals surface area (Å²) in [6, 6.07) is 7.93. The fraction of sp³-hybridized carbons (Fsp3) is 0.333. The zero-order valence-electron chi connectivity index (χ0n) is 7.77. The normalized spacial score (nSPS) is 14.3. The molecule has 76 valence electrons. The lowest BCUT2D eigenvalue weighted by molar-refractivity contribution is -0.384. The Morgan fingerprint density at radius 1 is 1.14 bits per heavy atom. The first-order valence-electron chi connectivity index (χ1n) is 4.41. The van der Waals surface area contributed by atoms with E-state index in [9.17, 15) is 10.1 Å². The molecule has 1 heterocycles. The largest absolute Gasteiger partial charge is 0.303 e. The van der Waals surface area contributed by atoms with Crippen LogP contribution in [0.15, 0.2) is 30.3 Å². The molecule has 0 unspecified atom stereocenters. The van der Waals surface area contributed by atoms with Gasteiger partial charge in [0.2, 0.25) is 0 Å². The van der Waals surface area contributed by atoms with Crippen molar-refractivity contribution in [3.8, 4) is 0 Å². The van der Waals surface area contributed by atoms with Crippen molar-refractivity contribution in [3.05, 3.63) is 40.4 Å². The fourth-order valence-electron chi connectivity index (χ4n) is 0.992. The summed E-state index contributed by atoms with van der Waals surface area (Å²) in [5.74, 6) is 0. The lowest BCUT2D eigenvalue weighted by Gasteiger charge is -1.85. The van der Waals surface area contributed by atoms with E-state index in [-0.39, 0.29) is 5.69 Å². The fourth-order valence-corrected chi connectivity index (χ4v) is 0.992. The van der Waals surface area contributed by atoms with Crippen LogP contribution in [0.3, 0.4) is 0 Å². The van der Waals surface area contributed by atoms with E-state index in [1.807, 2.05) is 0 Å². The second kappa shape index (κ2) is 6.06. The number of hydrogen-bond donors (Lipinski definition) is 2. The Morgan fingerprint density at radius 3 is 2.00 bits per heavy atom. The predicted octanol–water partition coefficient (Wildman–Crippen LogP) is 0.731. The van der Waals surface area contributed by atoms with E-state index in [4.69, 9.17) is 0 Å². The average molecular weight is 195 g/mol. The molecule has 0 saturated carbocycles. The van der Waals surface area contributed by atoms with Crippen molar-refractivity contribution in [2.24, 2.45) is 0 Å². The molecule has 14 heavy (non-hydrogen) atoms. The van der Waals surface area contributed by atoms with Crippen LogP contribution in [-0.4, -0.2) is 24.7 Å². The van der Waals surface area contributed by atoms with Gasteiger partial charge in [-0.2, -0.15) is 0 Å². The number of nitro benzene ring substituents is 1. The zero-order valence-corrected chi connectivity index (χ0v) is 7.77. The topological polar surface area (TPSA) is 67.2 Å². The van der Waals surface area contributed by atoms with Crippen LogP contribution in [0.1, 0.15) is 0 Å². The van der Waals surface area contributed by atoms with Crippen LogP contribution >= 0.6 is 0 Å². The molecule has 0 radical (unpaired) electrons. The predicted molar refractivity (Wildman–Crippen MR) is 54.0 cm³/mol. The van der Waals surface area contributed by atoms with E-state index in [1.165, 1.54) is 12.1 Å². The maximum atomic E-state index is 10.0. The molecule has 1 saturated heterocycles.